The number of sulfonamides is 2. The van der Waals surface area contributed by atoms with Gasteiger partial charge >= 0.3 is 0 Å². The summed E-state index contributed by atoms with van der Waals surface area (Å²) in [5.41, 5.74) is 0.605. The number of halogens is 2. The Balaban J connectivity index is 1.88. The fourth-order valence-corrected chi connectivity index (χ4v) is 4.81. The molecule has 0 heterocycles. The summed E-state index contributed by atoms with van der Waals surface area (Å²) in [6, 6.07) is 17.2. The monoisotopic (exact) mass is 456 g/mol. The Hall–Kier alpha value is -2.26. The van der Waals surface area contributed by atoms with Crippen LogP contribution >= 0.6 is 23.2 Å². The van der Waals surface area contributed by atoms with Crippen molar-refractivity contribution >= 4 is 54.6 Å². The van der Waals surface area contributed by atoms with Gasteiger partial charge in [-0.2, -0.15) is 0 Å². The maximum absolute atomic E-state index is 12.6. The molecule has 0 saturated heterocycles. The van der Waals surface area contributed by atoms with Crippen molar-refractivity contribution in [2.75, 3.05) is 9.44 Å². The minimum atomic E-state index is -3.99. The number of hydrogen-bond acceptors (Lipinski definition) is 4. The van der Waals surface area contributed by atoms with Crippen LogP contribution < -0.4 is 9.44 Å². The second kappa shape index (κ2) is 8.00. The highest BCUT2D eigenvalue weighted by atomic mass is 35.5. The molecule has 6 nitrogen and oxygen atoms in total. The van der Waals surface area contributed by atoms with Crippen molar-refractivity contribution in [3.8, 4) is 0 Å². The van der Waals surface area contributed by atoms with Crippen molar-refractivity contribution in [3.63, 3.8) is 0 Å². The Morgan fingerprint density at radius 2 is 0.929 bits per heavy atom. The van der Waals surface area contributed by atoms with Crippen LogP contribution in [0, 0.1) is 0 Å². The van der Waals surface area contributed by atoms with Gasteiger partial charge in [0, 0.05) is 21.4 Å². The number of benzene rings is 3. The van der Waals surface area contributed by atoms with Crippen molar-refractivity contribution in [2.24, 2.45) is 0 Å². The maximum Gasteiger partial charge on any atom is 0.261 e. The summed E-state index contributed by atoms with van der Waals surface area (Å²) >= 11 is 11.6. The van der Waals surface area contributed by atoms with Gasteiger partial charge in [-0.1, -0.05) is 29.3 Å². The molecule has 2 N–H and O–H groups in total. The quantitative estimate of drug-likeness (QED) is 0.566. The van der Waals surface area contributed by atoms with Crippen LogP contribution in [0.2, 0.25) is 10.0 Å². The maximum atomic E-state index is 12.6. The van der Waals surface area contributed by atoms with Gasteiger partial charge in [0.25, 0.3) is 20.0 Å². The van der Waals surface area contributed by atoms with Crippen LogP contribution in [-0.2, 0) is 20.0 Å². The molecule has 146 valence electrons. The smallest absolute Gasteiger partial charge is 0.261 e. The Bertz CT molecular complexity index is 1100. The lowest BCUT2D eigenvalue weighted by Crippen LogP contribution is -2.16. The molecular weight excluding hydrogens is 443 g/mol. The van der Waals surface area contributed by atoms with E-state index in [1.54, 1.807) is 0 Å². The Morgan fingerprint density at radius 1 is 0.571 bits per heavy atom. The van der Waals surface area contributed by atoms with E-state index < -0.39 is 20.0 Å². The largest absolute Gasteiger partial charge is 0.280 e. The molecule has 0 saturated carbocycles. The Labute approximate surface area is 173 Å². The molecule has 0 amide bonds. The van der Waals surface area contributed by atoms with E-state index in [1.165, 1.54) is 66.7 Å². The highest BCUT2D eigenvalue weighted by Gasteiger charge is 2.20. The number of anilines is 2. The van der Waals surface area contributed by atoms with Crippen LogP contribution in [0.5, 0.6) is 0 Å². The lowest BCUT2D eigenvalue weighted by atomic mass is 10.3. The zero-order valence-corrected chi connectivity index (χ0v) is 17.3. The number of hydrogen-bond donors (Lipinski definition) is 2. The second-order valence-corrected chi connectivity index (χ2v) is 9.94. The molecule has 0 fully saturated rings. The zero-order valence-electron chi connectivity index (χ0n) is 14.1. The zero-order chi connectivity index (χ0) is 20.4. The van der Waals surface area contributed by atoms with E-state index in [0.29, 0.717) is 21.4 Å². The lowest BCUT2D eigenvalue weighted by Gasteiger charge is -2.11. The number of rotatable bonds is 6. The molecule has 0 unspecified atom stereocenters. The molecule has 28 heavy (non-hydrogen) atoms. The summed E-state index contributed by atoms with van der Waals surface area (Å²) in [6.07, 6.45) is 0. The third-order valence-corrected chi connectivity index (χ3v) is 6.88. The van der Waals surface area contributed by atoms with Gasteiger partial charge in [-0.15, -0.1) is 0 Å². The highest BCUT2D eigenvalue weighted by Crippen LogP contribution is 2.23. The van der Waals surface area contributed by atoms with Gasteiger partial charge in [0.1, 0.15) is 0 Å². The molecule has 0 spiro atoms. The van der Waals surface area contributed by atoms with E-state index in [9.17, 15) is 16.8 Å². The highest BCUT2D eigenvalue weighted by molar-refractivity contribution is 7.93. The molecule has 0 aliphatic rings. The Kier molecular flexibility index (Phi) is 5.85. The van der Waals surface area contributed by atoms with Crippen LogP contribution in [0.3, 0.4) is 0 Å². The van der Waals surface area contributed by atoms with Crippen LogP contribution in [0.25, 0.3) is 0 Å². The third-order valence-electron chi connectivity index (χ3n) is 3.62. The van der Waals surface area contributed by atoms with Gasteiger partial charge in [-0.05, 0) is 66.7 Å². The fourth-order valence-electron chi connectivity index (χ4n) is 2.27. The minimum absolute atomic E-state index is 0.193. The lowest BCUT2D eigenvalue weighted by molar-refractivity contribution is 0.599. The van der Waals surface area contributed by atoms with Crippen molar-refractivity contribution in [1.82, 2.24) is 0 Å². The average Bonchev–Trinajstić information content (AvgIpc) is 2.65. The van der Waals surface area contributed by atoms with Gasteiger partial charge in [-0.25, -0.2) is 16.8 Å². The van der Waals surface area contributed by atoms with E-state index >= 15 is 0 Å². The molecule has 0 atom stereocenters. The van der Waals surface area contributed by atoms with Crippen molar-refractivity contribution in [3.05, 3.63) is 82.8 Å². The molecule has 0 bridgehead atoms. The van der Waals surface area contributed by atoms with Gasteiger partial charge in [-0.3, -0.25) is 9.44 Å². The van der Waals surface area contributed by atoms with Crippen LogP contribution in [0.1, 0.15) is 0 Å². The molecular formula is C18H14Cl2N2O4S2. The molecule has 0 aliphatic carbocycles. The average molecular weight is 457 g/mol. The first kappa shape index (κ1) is 20.5. The van der Waals surface area contributed by atoms with Crippen molar-refractivity contribution in [1.29, 1.82) is 0 Å². The SMILES string of the molecule is O=S(=O)(Nc1ccc(Cl)cc1)c1cccc(S(=O)(=O)Nc2ccc(Cl)cc2)c1. The standard InChI is InChI=1S/C18H14Cl2N2O4S2/c19-13-4-8-15(9-5-13)21-27(23,24)17-2-1-3-18(12-17)28(25,26)22-16-10-6-14(20)7-11-16/h1-12,21-22H. The van der Waals surface area contributed by atoms with Crippen LogP contribution in [-0.4, -0.2) is 16.8 Å². The van der Waals surface area contributed by atoms with Crippen molar-refractivity contribution in [2.45, 2.75) is 9.79 Å². The molecule has 3 rings (SSSR count). The summed E-state index contributed by atoms with van der Waals surface area (Å²) in [4.78, 5) is -0.386. The topological polar surface area (TPSA) is 92.3 Å². The third kappa shape index (κ3) is 4.96. The molecule has 0 aliphatic heterocycles. The van der Waals surface area contributed by atoms with E-state index in [4.69, 9.17) is 23.2 Å². The summed E-state index contributed by atoms with van der Waals surface area (Å²) in [7, 11) is -7.98. The summed E-state index contributed by atoms with van der Waals surface area (Å²) in [6.45, 7) is 0. The Morgan fingerprint density at radius 3 is 1.29 bits per heavy atom. The molecule has 0 aromatic heterocycles. The van der Waals surface area contributed by atoms with Gasteiger partial charge in [0.15, 0.2) is 0 Å². The normalized spacial score (nSPS) is 11.8. The van der Waals surface area contributed by atoms with Crippen LogP contribution in [0.15, 0.2) is 82.6 Å². The first-order valence-corrected chi connectivity index (χ1v) is 11.5. The molecule has 10 heteroatoms. The van der Waals surface area contributed by atoms with E-state index in [2.05, 4.69) is 9.44 Å². The number of nitrogens with one attached hydrogen (secondary N) is 2. The summed E-state index contributed by atoms with van der Waals surface area (Å²) in [5.74, 6) is 0. The van der Waals surface area contributed by atoms with Crippen LogP contribution in [0.4, 0.5) is 11.4 Å². The van der Waals surface area contributed by atoms with Gasteiger partial charge < -0.3 is 0 Å². The second-order valence-electron chi connectivity index (χ2n) is 5.70. The molecule has 3 aromatic carbocycles. The van der Waals surface area contributed by atoms with E-state index in [0.717, 1.165) is 6.07 Å². The van der Waals surface area contributed by atoms with E-state index in [-0.39, 0.29) is 9.79 Å². The van der Waals surface area contributed by atoms with Crippen molar-refractivity contribution < 1.29 is 16.8 Å². The first-order valence-electron chi connectivity index (χ1n) is 7.83. The predicted octanol–water partition coefficient (Wildman–Crippen LogP) is 4.60. The molecule has 3 aromatic rings. The fraction of sp³-hybridized carbons (Fsp3) is 0. The summed E-state index contributed by atoms with van der Waals surface area (Å²) < 4.78 is 55.1. The summed E-state index contributed by atoms with van der Waals surface area (Å²) in [5, 5.41) is 0.925. The van der Waals surface area contributed by atoms with Gasteiger partial charge in [0.2, 0.25) is 0 Å². The predicted molar refractivity (Wildman–Crippen MR) is 111 cm³/mol. The first-order chi connectivity index (χ1) is 13.2. The minimum Gasteiger partial charge on any atom is -0.280 e. The van der Waals surface area contributed by atoms with E-state index in [1.807, 2.05) is 0 Å². The van der Waals surface area contributed by atoms with Gasteiger partial charge in [0.05, 0.1) is 9.79 Å². The molecule has 0 radical (unpaired) electrons.